The Kier molecular flexibility index (Phi) is 6.01. The van der Waals surface area contributed by atoms with Gasteiger partial charge in [0.15, 0.2) is 0 Å². The molecule has 0 bridgehead atoms. The minimum atomic E-state index is -0.940. The molecule has 6 nitrogen and oxygen atoms in total. The van der Waals surface area contributed by atoms with Crippen molar-refractivity contribution in [3.63, 3.8) is 0 Å². The zero-order valence-electron chi connectivity index (χ0n) is 19.7. The first kappa shape index (κ1) is 23.0. The first-order valence-corrected chi connectivity index (χ1v) is 11.7. The summed E-state index contributed by atoms with van der Waals surface area (Å²) in [5.41, 5.74) is 1.22. The van der Waals surface area contributed by atoms with Gasteiger partial charge in [0.25, 0.3) is 5.56 Å². The number of aryl methyl sites for hydroxylation is 1. The van der Waals surface area contributed by atoms with Crippen molar-refractivity contribution in [1.82, 2.24) is 14.9 Å². The molecule has 0 saturated carbocycles. The molecule has 1 fully saturated rings. The van der Waals surface area contributed by atoms with Crippen molar-refractivity contribution in [2.24, 2.45) is 0 Å². The Labute approximate surface area is 204 Å². The molecular weight excluding hydrogens is 438 g/mol. The molecule has 1 aromatic heterocycles. The molecule has 1 radical (unpaired) electrons. The maximum absolute atomic E-state index is 13.0. The molecule has 1 saturated heterocycles. The van der Waals surface area contributed by atoms with Gasteiger partial charge in [-0.15, -0.1) is 0 Å². The van der Waals surface area contributed by atoms with Gasteiger partial charge in [-0.25, -0.2) is 4.79 Å². The molecule has 35 heavy (non-hydrogen) atoms. The third-order valence-corrected chi connectivity index (χ3v) is 6.85. The van der Waals surface area contributed by atoms with Crippen LogP contribution in [0.2, 0.25) is 0 Å². The molecule has 177 valence electrons. The first-order valence-electron chi connectivity index (χ1n) is 11.7. The zero-order chi connectivity index (χ0) is 24.5. The van der Waals surface area contributed by atoms with Crippen molar-refractivity contribution in [3.8, 4) is 5.69 Å². The molecular formula is C29H28N3O3. The van der Waals surface area contributed by atoms with E-state index in [1.807, 2.05) is 60.7 Å². The van der Waals surface area contributed by atoms with Gasteiger partial charge in [-0.3, -0.25) is 14.3 Å². The molecule has 4 aromatic rings. The largest absolute Gasteiger partial charge is 0.371 e. The summed E-state index contributed by atoms with van der Waals surface area (Å²) in [5, 5.41) is 3.47. The quantitative estimate of drug-likeness (QED) is 0.442. The van der Waals surface area contributed by atoms with Crippen LogP contribution in [0.4, 0.5) is 0 Å². The van der Waals surface area contributed by atoms with E-state index in [4.69, 9.17) is 4.74 Å². The van der Waals surface area contributed by atoms with E-state index in [2.05, 4.69) is 41.5 Å². The minimum Gasteiger partial charge on any atom is -0.371 e. The summed E-state index contributed by atoms with van der Waals surface area (Å²) in [6.07, 6.45) is 1.59. The van der Waals surface area contributed by atoms with E-state index < -0.39 is 22.3 Å². The molecule has 0 spiro atoms. The van der Waals surface area contributed by atoms with E-state index in [0.29, 0.717) is 24.4 Å². The van der Waals surface area contributed by atoms with Crippen LogP contribution in [0, 0.1) is 13.8 Å². The first-order chi connectivity index (χ1) is 17.0. The van der Waals surface area contributed by atoms with Gasteiger partial charge in [-0.2, -0.15) is 0 Å². The van der Waals surface area contributed by atoms with Crippen molar-refractivity contribution >= 4 is 0 Å². The molecule has 0 aliphatic carbocycles. The summed E-state index contributed by atoms with van der Waals surface area (Å²) in [6, 6.07) is 28.1. The van der Waals surface area contributed by atoms with Crippen molar-refractivity contribution in [3.05, 3.63) is 141 Å². The number of H-pyrrole nitrogens is 1. The van der Waals surface area contributed by atoms with E-state index in [9.17, 15) is 9.59 Å². The number of benzene rings is 3. The van der Waals surface area contributed by atoms with Crippen molar-refractivity contribution < 1.29 is 4.74 Å². The van der Waals surface area contributed by atoms with Crippen LogP contribution in [0.3, 0.4) is 0 Å². The Bertz CT molecular complexity index is 1400. The number of nitrogens with one attached hydrogen (secondary N) is 2. The minimum absolute atomic E-state index is 0.394. The maximum atomic E-state index is 13.0. The standard InChI is InChI=1S/C29H28N3O3/c1-21-19-32(27(34)31-26(21)33)25-16-10-9-15-24(25)29(22-11-5-3-6-12-22,23-13-7-4-8-14-23)28(2)20-30-17-18-35-28/h3-16,19,30H,2,17-18,20H2,1H3,(H,31,33,34)/t28-/m1/s1. The summed E-state index contributed by atoms with van der Waals surface area (Å²) >= 11 is 0. The number of ether oxygens (including phenoxy) is 1. The number of morpholine rings is 1. The number of hydrogen-bond acceptors (Lipinski definition) is 4. The highest BCUT2D eigenvalue weighted by Gasteiger charge is 2.54. The summed E-state index contributed by atoms with van der Waals surface area (Å²) in [6.45, 7) is 8.12. The van der Waals surface area contributed by atoms with Crippen LogP contribution in [0.5, 0.6) is 0 Å². The van der Waals surface area contributed by atoms with Crippen LogP contribution in [-0.2, 0) is 10.2 Å². The lowest BCUT2D eigenvalue weighted by Crippen LogP contribution is -2.62. The van der Waals surface area contributed by atoms with Gasteiger partial charge in [0.1, 0.15) is 0 Å². The highest BCUT2D eigenvalue weighted by molar-refractivity contribution is 5.61. The van der Waals surface area contributed by atoms with Crippen molar-refractivity contribution in [2.75, 3.05) is 19.7 Å². The molecule has 1 atom stereocenters. The van der Waals surface area contributed by atoms with Gasteiger partial charge in [-0.1, -0.05) is 78.9 Å². The van der Waals surface area contributed by atoms with Crippen LogP contribution in [-0.4, -0.2) is 34.8 Å². The highest BCUT2D eigenvalue weighted by atomic mass is 16.5. The SMILES string of the molecule is [CH2][C@]1(C(c2ccccc2)(c2ccccc2)c2ccccc2-n2cc(C)c(=O)[nH]c2=O)CNCCO1. The van der Waals surface area contributed by atoms with Gasteiger partial charge >= 0.3 is 5.69 Å². The molecule has 0 unspecified atom stereocenters. The molecule has 2 N–H and O–H groups in total. The lowest BCUT2D eigenvalue weighted by Gasteiger charge is -2.52. The average Bonchev–Trinajstić information content (AvgIpc) is 2.89. The Balaban J connectivity index is 1.94. The van der Waals surface area contributed by atoms with Crippen molar-refractivity contribution in [1.29, 1.82) is 0 Å². The fourth-order valence-corrected chi connectivity index (χ4v) is 5.27. The summed E-state index contributed by atoms with van der Waals surface area (Å²) in [4.78, 5) is 27.6. The molecule has 0 amide bonds. The molecule has 1 aliphatic rings. The number of aromatic amines is 1. The Morgan fingerprint density at radius 1 is 0.914 bits per heavy atom. The molecule has 1 aliphatic heterocycles. The summed E-state index contributed by atoms with van der Waals surface area (Å²) in [5.74, 6) is 0. The normalized spacial score (nSPS) is 18.3. The zero-order valence-corrected chi connectivity index (χ0v) is 19.7. The van der Waals surface area contributed by atoms with Crippen LogP contribution in [0.25, 0.3) is 5.69 Å². The van der Waals surface area contributed by atoms with E-state index >= 15 is 0 Å². The Morgan fingerprint density at radius 2 is 1.51 bits per heavy atom. The lowest BCUT2D eigenvalue weighted by molar-refractivity contribution is -0.0648. The topological polar surface area (TPSA) is 76.1 Å². The van der Waals surface area contributed by atoms with Gasteiger partial charge < -0.3 is 10.1 Å². The summed E-state index contributed by atoms with van der Waals surface area (Å²) in [7, 11) is 0. The highest BCUT2D eigenvalue weighted by Crippen LogP contribution is 2.50. The van der Waals surface area contributed by atoms with E-state index in [-0.39, 0.29) is 0 Å². The molecule has 6 heteroatoms. The molecule has 2 heterocycles. The fraction of sp³-hybridized carbons (Fsp3) is 0.207. The predicted molar refractivity (Wildman–Crippen MR) is 137 cm³/mol. The Hall–Kier alpha value is -3.74. The Morgan fingerprint density at radius 3 is 2.11 bits per heavy atom. The summed E-state index contributed by atoms with van der Waals surface area (Å²) < 4.78 is 8.05. The van der Waals surface area contributed by atoms with E-state index in [1.54, 1.807) is 13.1 Å². The maximum Gasteiger partial charge on any atom is 0.332 e. The lowest BCUT2D eigenvalue weighted by atomic mass is 9.59. The third-order valence-electron chi connectivity index (χ3n) is 6.85. The van der Waals surface area contributed by atoms with E-state index in [0.717, 1.165) is 23.2 Å². The van der Waals surface area contributed by atoms with Crippen molar-refractivity contribution in [2.45, 2.75) is 17.9 Å². The van der Waals surface area contributed by atoms with Crippen LogP contribution < -0.4 is 16.6 Å². The number of hydrogen-bond donors (Lipinski definition) is 2. The molecule has 5 rings (SSSR count). The second-order valence-electron chi connectivity index (χ2n) is 8.96. The predicted octanol–water partition coefficient (Wildman–Crippen LogP) is 3.36. The third kappa shape index (κ3) is 3.75. The number of para-hydroxylation sites is 1. The molecule has 3 aromatic carbocycles. The second-order valence-corrected chi connectivity index (χ2v) is 8.96. The van der Waals surface area contributed by atoms with Gasteiger partial charge in [-0.05, 0) is 36.6 Å². The average molecular weight is 467 g/mol. The number of nitrogens with zero attached hydrogens (tertiary/aromatic N) is 1. The van der Waals surface area contributed by atoms with Crippen LogP contribution in [0.15, 0.2) is 101 Å². The van der Waals surface area contributed by atoms with Crippen LogP contribution in [0.1, 0.15) is 22.3 Å². The monoisotopic (exact) mass is 466 g/mol. The smallest absolute Gasteiger partial charge is 0.332 e. The van der Waals surface area contributed by atoms with E-state index in [1.165, 1.54) is 4.57 Å². The van der Waals surface area contributed by atoms with Gasteiger partial charge in [0.2, 0.25) is 0 Å². The number of rotatable bonds is 5. The fourth-order valence-electron chi connectivity index (χ4n) is 5.27. The second kappa shape index (κ2) is 9.13. The van der Waals surface area contributed by atoms with Gasteiger partial charge in [0, 0.05) is 24.8 Å². The van der Waals surface area contributed by atoms with Crippen LogP contribution >= 0.6 is 0 Å². The van der Waals surface area contributed by atoms with Gasteiger partial charge in [0.05, 0.1) is 23.3 Å². The number of aromatic nitrogens is 2.